The molecular formula is C25H18Cl2N2O5. The van der Waals surface area contributed by atoms with Gasteiger partial charge in [0.05, 0.1) is 17.8 Å². The van der Waals surface area contributed by atoms with E-state index in [0.29, 0.717) is 27.8 Å². The van der Waals surface area contributed by atoms with Crippen LogP contribution in [0.4, 0.5) is 10.5 Å². The second kappa shape index (κ2) is 9.99. The van der Waals surface area contributed by atoms with E-state index in [1.54, 1.807) is 48.5 Å². The van der Waals surface area contributed by atoms with Gasteiger partial charge in [0.1, 0.15) is 12.2 Å². The van der Waals surface area contributed by atoms with Gasteiger partial charge in [0.15, 0.2) is 11.5 Å². The topological polar surface area (TPSA) is 84.9 Å². The Bertz CT molecular complexity index is 1290. The van der Waals surface area contributed by atoms with Crippen LogP contribution in [-0.4, -0.2) is 25.0 Å². The van der Waals surface area contributed by atoms with Crippen LogP contribution in [0.25, 0.3) is 6.08 Å². The molecule has 0 aromatic heterocycles. The minimum atomic E-state index is -0.820. The number of barbiturate groups is 1. The molecule has 0 saturated carbocycles. The zero-order valence-corrected chi connectivity index (χ0v) is 19.4. The standard InChI is InChI=1S/C25H18Cl2N2O5/c1-33-21-13-16(12-20(27)22(21)34-14-15-7-9-17(26)10-8-15)11-19-23(30)28-25(32)29(24(19)31)18-5-3-2-4-6-18/h2-13H,14H2,1H3,(H,28,30,32)/b19-11+. The van der Waals surface area contributed by atoms with Crippen molar-refractivity contribution in [3.8, 4) is 11.5 Å². The Hall–Kier alpha value is -3.81. The van der Waals surface area contributed by atoms with Crippen LogP contribution >= 0.6 is 23.2 Å². The molecule has 34 heavy (non-hydrogen) atoms. The fraction of sp³-hybridized carbons (Fsp3) is 0.0800. The lowest BCUT2D eigenvalue weighted by Crippen LogP contribution is -2.54. The lowest BCUT2D eigenvalue weighted by molar-refractivity contribution is -0.122. The first-order valence-corrected chi connectivity index (χ1v) is 10.8. The van der Waals surface area contributed by atoms with Gasteiger partial charge < -0.3 is 9.47 Å². The number of methoxy groups -OCH3 is 1. The van der Waals surface area contributed by atoms with E-state index in [0.717, 1.165) is 10.5 Å². The number of amides is 4. The summed E-state index contributed by atoms with van der Waals surface area (Å²) in [5.41, 5.74) is 1.41. The molecule has 0 unspecified atom stereocenters. The highest BCUT2D eigenvalue weighted by Crippen LogP contribution is 2.38. The first-order chi connectivity index (χ1) is 16.4. The van der Waals surface area contributed by atoms with Crippen LogP contribution < -0.4 is 19.7 Å². The Morgan fingerprint density at radius 3 is 2.35 bits per heavy atom. The molecule has 7 nitrogen and oxygen atoms in total. The molecule has 0 aliphatic carbocycles. The molecule has 0 bridgehead atoms. The zero-order chi connectivity index (χ0) is 24.2. The highest BCUT2D eigenvalue weighted by atomic mass is 35.5. The lowest BCUT2D eigenvalue weighted by Gasteiger charge is -2.26. The second-order valence-electron chi connectivity index (χ2n) is 7.24. The molecule has 3 aromatic rings. The third-order valence-electron chi connectivity index (χ3n) is 4.98. The summed E-state index contributed by atoms with van der Waals surface area (Å²) in [5.74, 6) is -0.937. The summed E-state index contributed by atoms with van der Waals surface area (Å²) in [7, 11) is 1.45. The number of carbonyl (C=O) groups is 3. The van der Waals surface area contributed by atoms with Crippen molar-refractivity contribution in [1.82, 2.24) is 5.32 Å². The normalized spacial score (nSPS) is 14.9. The Morgan fingerprint density at radius 2 is 1.68 bits per heavy atom. The first kappa shape index (κ1) is 23.4. The molecular weight excluding hydrogens is 479 g/mol. The van der Waals surface area contributed by atoms with E-state index in [-0.39, 0.29) is 17.2 Å². The number of rotatable bonds is 6. The Kier molecular flexibility index (Phi) is 6.86. The SMILES string of the molecule is COc1cc(/C=C2\C(=O)NC(=O)N(c3ccccc3)C2=O)cc(Cl)c1OCc1ccc(Cl)cc1. The fourth-order valence-electron chi connectivity index (χ4n) is 3.34. The summed E-state index contributed by atoms with van der Waals surface area (Å²) in [6.07, 6.45) is 1.34. The van der Waals surface area contributed by atoms with Gasteiger partial charge in [-0.1, -0.05) is 53.5 Å². The molecule has 4 rings (SSSR count). The van der Waals surface area contributed by atoms with Gasteiger partial charge in [-0.05, 0) is 53.6 Å². The molecule has 1 aliphatic heterocycles. The summed E-state index contributed by atoms with van der Waals surface area (Å²) in [5, 5.41) is 3.02. The molecule has 1 aliphatic rings. The van der Waals surface area contributed by atoms with Crippen molar-refractivity contribution >= 4 is 52.8 Å². The molecule has 9 heteroatoms. The average molecular weight is 497 g/mol. The van der Waals surface area contributed by atoms with Crippen molar-refractivity contribution in [3.63, 3.8) is 0 Å². The fourth-order valence-corrected chi connectivity index (χ4v) is 3.73. The van der Waals surface area contributed by atoms with Crippen molar-refractivity contribution in [2.75, 3.05) is 12.0 Å². The van der Waals surface area contributed by atoms with Gasteiger partial charge in [-0.3, -0.25) is 14.9 Å². The Morgan fingerprint density at radius 1 is 0.971 bits per heavy atom. The van der Waals surface area contributed by atoms with Gasteiger partial charge in [0.25, 0.3) is 11.8 Å². The number of ether oxygens (including phenoxy) is 2. The van der Waals surface area contributed by atoms with Gasteiger partial charge in [-0.2, -0.15) is 0 Å². The number of para-hydroxylation sites is 1. The van der Waals surface area contributed by atoms with Crippen LogP contribution in [0.15, 0.2) is 72.3 Å². The van der Waals surface area contributed by atoms with E-state index >= 15 is 0 Å². The number of nitrogens with one attached hydrogen (secondary N) is 1. The predicted molar refractivity (Wildman–Crippen MR) is 129 cm³/mol. The number of nitrogens with zero attached hydrogens (tertiary/aromatic N) is 1. The van der Waals surface area contributed by atoms with E-state index in [1.165, 1.54) is 19.3 Å². The Labute approximate surface area is 205 Å². The molecule has 1 N–H and O–H groups in total. The van der Waals surface area contributed by atoms with Gasteiger partial charge in [0.2, 0.25) is 0 Å². The van der Waals surface area contributed by atoms with Crippen LogP contribution in [0.5, 0.6) is 11.5 Å². The van der Waals surface area contributed by atoms with Crippen LogP contribution in [0.2, 0.25) is 10.0 Å². The monoisotopic (exact) mass is 496 g/mol. The van der Waals surface area contributed by atoms with E-state index in [1.807, 2.05) is 12.1 Å². The maximum atomic E-state index is 13.0. The summed E-state index contributed by atoms with van der Waals surface area (Å²) in [4.78, 5) is 38.7. The quantitative estimate of drug-likeness (QED) is 0.372. The third kappa shape index (κ3) is 4.90. The summed E-state index contributed by atoms with van der Waals surface area (Å²) in [6.45, 7) is 0.225. The molecule has 0 radical (unpaired) electrons. The highest BCUT2D eigenvalue weighted by molar-refractivity contribution is 6.39. The van der Waals surface area contributed by atoms with Crippen LogP contribution in [-0.2, 0) is 16.2 Å². The van der Waals surface area contributed by atoms with E-state index in [2.05, 4.69) is 5.32 Å². The minimum Gasteiger partial charge on any atom is -0.493 e. The summed E-state index contributed by atoms with van der Waals surface area (Å²) < 4.78 is 11.3. The maximum Gasteiger partial charge on any atom is 0.335 e. The van der Waals surface area contributed by atoms with Gasteiger partial charge in [0, 0.05) is 5.02 Å². The van der Waals surface area contributed by atoms with Gasteiger partial charge in [-0.25, -0.2) is 9.69 Å². The number of halogens is 2. The Balaban J connectivity index is 1.63. The highest BCUT2D eigenvalue weighted by Gasteiger charge is 2.36. The van der Waals surface area contributed by atoms with Crippen LogP contribution in [0, 0.1) is 0 Å². The third-order valence-corrected chi connectivity index (χ3v) is 5.51. The van der Waals surface area contributed by atoms with Crippen LogP contribution in [0.1, 0.15) is 11.1 Å². The molecule has 1 saturated heterocycles. The number of benzene rings is 3. The lowest BCUT2D eigenvalue weighted by atomic mass is 10.1. The van der Waals surface area contributed by atoms with Crippen molar-refractivity contribution < 1.29 is 23.9 Å². The van der Waals surface area contributed by atoms with Gasteiger partial charge in [-0.15, -0.1) is 0 Å². The number of urea groups is 1. The van der Waals surface area contributed by atoms with E-state index < -0.39 is 17.8 Å². The largest absolute Gasteiger partial charge is 0.493 e. The van der Waals surface area contributed by atoms with Crippen molar-refractivity contribution in [2.45, 2.75) is 6.61 Å². The number of carbonyl (C=O) groups excluding carboxylic acids is 3. The number of anilines is 1. The molecule has 172 valence electrons. The van der Waals surface area contributed by atoms with Crippen molar-refractivity contribution in [2.24, 2.45) is 0 Å². The van der Waals surface area contributed by atoms with Crippen LogP contribution in [0.3, 0.4) is 0 Å². The predicted octanol–water partition coefficient (Wildman–Crippen LogP) is 5.25. The summed E-state index contributed by atoms with van der Waals surface area (Å²) in [6, 6.07) is 17.8. The van der Waals surface area contributed by atoms with Crippen molar-refractivity contribution in [3.05, 3.63) is 93.5 Å². The van der Waals surface area contributed by atoms with E-state index in [4.69, 9.17) is 32.7 Å². The minimum absolute atomic E-state index is 0.222. The van der Waals surface area contributed by atoms with E-state index in [9.17, 15) is 14.4 Å². The average Bonchev–Trinajstić information content (AvgIpc) is 2.82. The molecule has 3 aromatic carbocycles. The number of imide groups is 2. The molecule has 0 atom stereocenters. The number of hydrogen-bond donors (Lipinski definition) is 1. The van der Waals surface area contributed by atoms with Gasteiger partial charge >= 0.3 is 6.03 Å². The smallest absolute Gasteiger partial charge is 0.335 e. The second-order valence-corrected chi connectivity index (χ2v) is 8.09. The number of hydrogen-bond acceptors (Lipinski definition) is 5. The summed E-state index contributed by atoms with van der Waals surface area (Å²) >= 11 is 12.3. The zero-order valence-electron chi connectivity index (χ0n) is 17.9. The molecule has 1 heterocycles. The molecule has 1 fully saturated rings. The molecule has 4 amide bonds. The first-order valence-electron chi connectivity index (χ1n) is 10.1. The molecule has 0 spiro atoms. The maximum absolute atomic E-state index is 13.0. The van der Waals surface area contributed by atoms with Crippen molar-refractivity contribution in [1.29, 1.82) is 0 Å².